The molecule has 0 saturated carbocycles. The molecule has 0 fully saturated rings. The Hall–Kier alpha value is -3.48. The zero-order valence-electron chi connectivity index (χ0n) is 19.1. The van der Waals surface area contributed by atoms with Crippen LogP contribution < -0.4 is 10.2 Å². The smallest absolute Gasteiger partial charge is 0.227 e. The number of para-hydroxylation sites is 1. The molecule has 33 heavy (non-hydrogen) atoms. The Bertz CT molecular complexity index is 1110. The number of carbonyl (C=O) groups is 2. The molecule has 0 saturated heterocycles. The Kier molecular flexibility index (Phi) is 7.50. The maximum atomic E-state index is 13.3. The standard InChI is InChI=1S/C26H31N5O2/c1-2-3-4-5-10-17-27-23(32)15-16-24(33)31-18-19-11-6-7-12-20(19)25-26(29-30-28-25)21-13-8-9-14-22(21)31/h6-9,11-14H,2-5,10,15-18H2,1H3,(H,27,32)(H,28,29,30). The van der Waals surface area contributed by atoms with Gasteiger partial charge in [-0.25, -0.2) is 0 Å². The molecule has 2 heterocycles. The van der Waals surface area contributed by atoms with Gasteiger partial charge in [-0.3, -0.25) is 9.59 Å². The van der Waals surface area contributed by atoms with Crippen LogP contribution in [0.1, 0.15) is 57.4 Å². The van der Waals surface area contributed by atoms with Crippen molar-refractivity contribution in [1.82, 2.24) is 20.7 Å². The van der Waals surface area contributed by atoms with Crippen molar-refractivity contribution in [1.29, 1.82) is 0 Å². The number of aromatic nitrogens is 3. The fourth-order valence-electron chi connectivity index (χ4n) is 4.28. The van der Waals surface area contributed by atoms with Crippen LogP contribution in [-0.2, 0) is 16.1 Å². The van der Waals surface area contributed by atoms with Gasteiger partial charge in [0.15, 0.2) is 0 Å². The van der Waals surface area contributed by atoms with Crippen LogP contribution in [0.3, 0.4) is 0 Å². The van der Waals surface area contributed by atoms with Crippen LogP contribution >= 0.6 is 0 Å². The van der Waals surface area contributed by atoms with Gasteiger partial charge in [0.2, 0.25) is 11.8 Å². The van der Waals surface area contributed by atoms with E-state index in [-0.39, 0.29) is 24.7 Å². The van der Waals surface area contributed by atoms with Crippen LogP contribution in [0.2, 0.25) is 0 Å². The third-order valence-electron chi connectivity index (χ3n) is 6.07. The molecule has 172 valence electrons. The fraction of sp³-hybridized carbons (Fsp3) is 0.385. The molecule has 0 unspecified atom stereocenters. The zero-order valence-corrected chi connectivity index (χ0v) is 19.1. The molecule has 3 aromatic rings. The van der Waals surface area contributed by atoms with Gasteiger partial charge < -0.3 is 10.2 Å². The maximum absolute atomic E-state index is 13.3. The van der Waals surface area contributed by atoms with Crippen LogP contribution in [-0.4, -0.2) is 33.8 Å². The molecule has 0 atom stereocenters. The summed E-state index contributed by atoms with van der Waals surface area (Å²) >= 11 is 0. The molecule has 7 nitrogen and oxygen atoms in total. The van der Waals surface area contributed by atoms with Crippen molar-refractivity contribution < 1.29 is 9.59 Å². The van der Waals surface area contributed by atoms with E-state index in [9.17, 15) is 9.59 Å². The van der Waals surface area contributed by atoms with E-state index in [2.05, 4.69) is 27.7 Å². The summed E-state index contributed by atoms with van der Waals surface area (Å²) in [6.45, 7) is 3.27. The normalized spacial score (nSPS) is 12.2. The number of hydrogen-bond donors (Lipinski definition) is 2. The lowest BCUT2D eigenvalue weighted by molar-refractivity contribution is -0.125. The van der Waals surface area contributed by atoms with Crippen LogP contribution in [0.15, 0.2) is 48.5 Å². The number of aromatic amines is 1. The quantitative estimate of drug-likeness (QED) is 0.461. The summed E-state index contributed by atoms with van der Waals surface area (Å²) in [5, 5.41) is 14.5. The Labute approximate surface area is 194 Å². The van der Waals surface area contributed by atoms with Gasteiger partial charge in [-0.15, -0.1) is 0 Å². The first-order chi connectivity index (χ1) is 16.2. The van der Waals surface area contributed by atoms with Gasteiger partial charge in [0, 0.05) is 30.5 Å². The number of rotatable bonds is 9. The van der Waals surface area contributed by atoms with Crippen molar-refractivity contribution in [3.05, 3.63) is 54.1 Å². The average molecular weight is 446 g/mol. The van der Waals surface area contributed by atoms with Crippen molar-refractivity contribution in [2.75, 3.05) is 11.4 Å². The SMILES string of the molecule is CCCCCCCNC(=O)CCC(=O)N1Cc2ccccc2-c2n[nH]nc2-c2ccccc21. The number of benzene rings is 2. The van der Waals surface area contributed by atoms with Crippen LogP contribution in [0.4, 0.5) is 5.69 Å². The highest BCUT2D eigenvalue weighted by Crippen LogP contribution is 2.39. The highest BCUT2D eigenvalue weighted by Gasteiger charge is 2.27. The summed E-state index contributed by atoms with van der Waals surface area (Å²) in [4.78, 5) is 27.4. The first kappa shape index (κ1) is 22.7. The second kappa shape index (κ2) is 10.9. The van der Waals surface area contributed by atoms with Crippen LogP contribution in [0.5, 0.6) is 0 Å². The van der Waals surface area contributed by atoms with E-state index in [1.807, 2.05) is 48.5 Å². The molecule has 1 aromatic heterocycles. The Morgan fingerprint density at radius 2 is 1.61 bits per heavy atom. The van der Waals surface area contributed by atoms with Crippen molar-refractivity contribution in [3.63, 3.8) is 0 Å². The predicted octanol–water partition coefficient (Wildman–Crippen LogP) is 4.85. The second-order valence-electron chi connectivity index (χ2n) is 8.44. The number of unbranched alkanes of at least 4 members (excludes halogenated alkanes) is 4. The van der Waals surface area contributed by atoms with E-state index in [1.165, 1.54) is 19.3 Å². The minimum Gasteiger partial charge on any atom is -0.356 e. The molecular formula is C26H31N5O2. The van der Waals surface area contributed by atoms with Gasteiger partial charge in [0.1, 0.15) is 11.4 Å². The molecular weight excluding hydrogens is 414 g/mol. The molecule has 0 radical (unpaired) electrons. The largest absolute Gasteiger partial charge is 0.356 e. The molecule has 1 aliphatic rings. The summed E-state index contributed by atoms with van der Waals surface area (Å²) in [5.74, 6) is -0.152. The van der Waals surface area contributed by atoms with E-state index in [0.717, 1.165) is 46.6 Å². The molecule has 7 heteroatoms. The van der Waals surface area contributed by atoms with Gasteiger partial charge in [0.05, 0.1) is 12.2 Å². The van der Waals surface area contributed by atoms with Crippen molar-refractivity contribution in [2.45, 2.75) is 58.4 Å². The number of amides is 2. The first-order valence-electron chi connectivity index (χ1n) is 11.8. The molecule has 2 amide bonds. The molecule has 1 aliphatic heterocycles. The number of fused-ring (bicyclic) bond motifs is 5. The van der Waals surface area contributed by atoms with Gasteiger partial charge in [0.25, 0.3) is 0 Å². The number of nitrogens with one attached hydrogen (secondary N) is 2. The van der Waals surface area contributed by atoms with Crippen LogP contribution in [0, 0.1) is 0 Å². The van der Waals surface area contributed by atoms with E-state index in [1.54, 1.807) is 4.90 Å². The number of H-pyrrole nitrogens is 1. The lowest BCUT2D eigenvalue weighted by Crippen LogP contribution is -2.33. The van der Waals surface area contributed by atoms with Gasteiger partial charge in [-0.2, -0.15) is 15.4 Å². The molecule has 0 bridgehead atoms. The average Bonchev–Trinajstić information content (AvgIpc) is 3.31. The molecule has 0 spiro atoms. The maximum Gasteiger partial charge on any atom is 0.227 e. The first-order valence-corrected chi connectivity index (χ1v) is 11.8. The Morgan fingerprint density at radius 3 is 2.42 bits per heavy atom. The molecule has 0 aliphatic carbocycles. The number of carbonyl (C=O) groups excluding carboxylic acids is 2. The highest BCUT2D eigenvalue weighted by molar-refractivity contribution is 6.01. The molecule has 2 aromatic carbocycles. The number of anilines is 1. The fourth-order valence-corrected chi connectivity index (χ4v) is 4.28. The van der Waals surface area contributed by atoms with Gasteiger partial charge in [-0.05, 0) is 18.1 Å². The minimum absolute atomic E-state index is 0.0710. The molecule has 4 rings (SSSR count). The molecule has 2 N–H and O–H groups in total. The lowest BCUT2D eigenvalue weighted by atomic mass is 9.95. The summed E-state index contributed by atoms with van der Waals surface area (Å²) in [6.07, 6.45) is 6.09. The van der Waals surface area contributed by atoms with E-state index < -0.39 is 0 Å². The van der Waals surface area contributed by atoms with Crippen molar-refractivity contribution in [3.8, 4) is 22.5 Å². The monoisotopic (exact) mass is 445 g/mol. The summed E-state index contributed by atoms with van der Waals surface area (Å²) < 4.78 is 0. The van der Waals surface area contributed by atoms with E-state index in [0.29, 0.717) is 13.1 Å². The lowest BCUT2D eigenvalue weighted by Gasteiger charge is -2.28. The van der Waals surface area contributed by atoms with Crippen molar-refractivity contribution >= 4 is 17.5 Å². The summed E-state index contributed by atoms with van der Waals surface area (Å²) in [7, 11) is 0. The third kappa shape index (κ3) is 5.30. The predicted molar refractivity (Wildman–Crippen MR) is 129 cm³/mol. The number of nitrogens with zero attached hydrogens (tertiary/aromatic N) is 3. The van der Waals surface area contributed by atoms with E-state index >= 15 is 0 Å². The van der Waals surface area contributed by atoms with Crippen molar-refractivity contribution in [2.24, 2.45) is 0 Å². The topological polar surface area (TPSA) is 91.0 Å². The zero-order chi connectivity index (χ0) is 23.0. The second-order valence-corrected chi connectivity index (χ2v) is 8.44. The highest BCUT2D eigenvalue weighted by atomic mass is 16.2. The number of hydrogen-bond acceptors (Lipinski definition) is 4. The Balaban J connectivity index is 1.48. The van der Waals surface area contributed by atoms with E-state index in [4.69, 9.17) is 0 Å². The summed E-state index contributed by atoms with van der Waals surface area (Å²) in [5.41, 5.74) is 5.07. The Morgan fingerprint density at radius 1 is 0.909 bits per heavy atom. The third-order valence-corrected chi connectivity index (χ3v) is 6.07. The minimum atomic E-state index is -0.0812. The van der Waals surface area contributed by atoms with Gasteiger partial charge >= 0.3 is 0 Å². The van der Waals surface area contributed by atoms with Gasteiger partial charge in [-0.1, -0.05) is 75.1 Å². The van der Waals surface area contributed by atoms with Crippen LogP contribution in [0.25, 0.3) is 22.5 Å². The summed E-state index contributed by atoms with van der Waals surface area (Å²) in [6, 6.07) is 15.7.